The Kier molecular flexibility index (Phi) is 6.53. The fourth-order valence-electron chi connectivity index (χ4n) is 2.92. The largest absolute Gasteiger partial charge is 1.00 e. The average Bonchev–Trinajstić information content (AvgIpc) is 2.81. The van der Waals surface area contributed by atoms with Crippen LogP contribution in [0.5, 0.6) is 0 Å². The maximum absolute atomic E-state index is 12.2. The minimum Gasteiger partial charge on any atom is -0.543 e. The summed E-state index contributed by atoms with van der Waals surface area (Å²) in [4.78, 5) is 36.4. The number of fused-ring (bicyclic) bond motifs is 1. The van der Waals surface area contributed by atoms with Gasteiger partial charge in [0.15, 0.2) is 0 Å². The summed E-state index contributed by atoms with van der Waals surface area (Å²) in [6.07, 6.45) is -0.862. The van der Waals surface area contributed by atoms with E-state index < -0.39 is 29.3 Å². The number of hydrogen-bond acceptors (Lipinski definition) is 6. The van der Waals surface area contributed by atoms with Gasteiger partial charge in [0.05, 0.1) is 23.7 Å². The molecule has 0 aromatic heterocycles. The molecule has 2 aliphatic heterocycles. The van der Waals surface area contributed by atoms with Crippen molar-refractivity contribution >= 4 is 40.1 Å². The zero-order chi connectivity index (χ0) is 17.6. The molecule has 2 N–H and O–H groups in total. The van der Waals surface area contributed by atoms with Gasteiger partial charge in [-0.25, -0.2) is 0 Å². The second-order valence-electron chi connectivity index (χ2n) is 5.71. The first-order valence-corrected chi connectivity index (χ1v) is 8.20. The van der Waals surface area contributed by atoms with Gasteiger partial charge in [0, 0.05) is 17.5 Å². The Morgan fingerprint density at radius 3 is 2.64 bits per heavy atom. The number of benzene rings is 1. The Morgan fingerprint density at radius 2 is 2.08 bits per heavy atom. The average molecular weight is 386 g/mol. The minimum atomic E-state index is -1.44. The first-order valence-electron chi connectivity index (χ1n) is 7.32. The molecule has 0 bridgehead atoms. The van der Waals surface area contributed by atoms with E-state index in [-0.39, 0.29) is 63.0 Å². The number of carbonyl (C=O) groups is 3. The number of nitrogens with one attached hydrogen (secondary N) is 1. The standard InChI is InChI=1S/C16H16N2O5S.K/c1-7(19)11-14(21)18-12(16(22)23)13(24-15(11)18)9-4-3-5-10(6-9)17-8(2)20;/h3-7,11,15,19H,1-2H3,(H,17,20)(H,22,23);/q;+1/p-1/t7-,11+,15-;/m1./s1. The van der Waals surface area contributed by atoms with Crippen molar-refractivity contribution in [1.82, 2.24) is 4.90 Å². The molecule has 2 heterocycles. The topological polar surface area (TPSA) is 110 Å². The number of nitrogens with zero attached hydrogens (tertiary/aromatic N) is 1. The van der Waals surface area contributed by atoms with E-state index in [4.69, 9.17) is 0 Å². The van der Waals surface area contributed by atoms with E-state index in [1.165, 1.54) is 25.6 Å². The van der Waals surface area contributed by atoms with Gasteiger partial charge < -0.3 is 20.3 Å². The van der Waals surface area contributed by atoms with Gasteiger partial charge in [-0.3, -0.25) is 14.5 Å². The van der Waals surface area contributed by atoms with Crippen LogP contribution in [-0.4, -0.2) is 39.3 Å². The van der Waals surface area contributed by atoms with E-state index in [1.807, 2.05) is 0 Å². The van der Waals surface area contributed by atoms with Crippen LogP contribution in [0.2, 0.25) is 0 Å². The number of hydrogen-bond donors (Lipinski definition) is 2. The first kappa shape index (κ1) is 20.6. The van der Waals surface area contributed by atoms with Crippen LogP contribution in [0.3, 0.4) is 0 Å². The molecule has 3 rings (SSSR count). The Labute approximate surface area is 191 Å². The van der Waals surface area contributed by atoms with Gasteiger partial charge in [-0.1, -0.05) is 23.9 Å². The van der Waals surface area contributed by atoms with Crippen molar-refractivity contribution in [2.45, 2.75) is 25.3 Å². The summed E-state index contributed by atoms with van der Waals surface area (Å²) in [5.74, 6) is -2.74. The molecule has 7 nitrogen and oxygen atoms in total. The predicted octanol–water partition coefficient (Wildman–Crippen LogP) is -3.02. The number of β-lactam (4-membered cyclic amide) rings is 1. The zero-order valence-electron chi connectivity index (χ0n) is 14.0. The summed E-state index contributed by atoms with van der Waals surface area (Å²) in [5.41, 5.74) is 0.905. The third-order valence-electron chi connectivity index (χ3n) is 3.94. The minimum absolute atomic E-state index is 0. The second-order valence-corrected chi connectivity index (χ2v) is 6.84. The molecular weight excluding hydrogens is 371 g/mol. The van der Waals surface area contributed by atoms with Crippen molar-refractivity contribution in [3.63, 3.8) is 0 Å². The van der Waals surface area contributed by atoms with E-state index in [2.05, 4.69) is 5.32 Å². The van der Waals surface area contributed by atoms with Crippen LogP contribution in [0.15, 0.2) is 30.0 Å². The molecule has 25 heavy (non-hydrogen) atoms. The number of carboxylic acid groups (broad SMARTS) is 1. The maximum Gasteiger partial charge on any atom is 1.00 e. The van der Waals surface area contributed by atoms with Crippen LogP contribution >= 0.6 is 11.8 Å². The van der Waals surface area contributed by atoms with Crippen LogP contribution in [-0.2, 0) is 14.4 Å². The van der Waals surface area contributed by atoms with Gasteiger partial charge in [0.2, 0.25) is 11.8 Å². The SMILES string of the molecule is CC(=O)Nc1cccc(C2=C(C(=O)[O-])N3C(=O)[C@H]([C@@H](C)O)[C@H]3S2)c1.[K+]. The molecule has 2 aliphatic rings. The molecule has 0 saturated carbocycles. The van der Waals surface area contributed by atoms with Crippen molar-refractivity contribution in [2.24, 2.45) is 5.92 Å². The van der Waals surface area contributed by atoms with Crippen LogP contribution in [0.4, 0.5) is 5.69 Å². The van der Waals surface area contributed by atoms with Crippen molar-refractivity contribution in [1.29, 1.82) is 0 Å². The summed E-state index contributed by atoms with van der Waals surface area (Å²) in [6.45, 7) is 2.88. The van der Waals surface area contributed by atoms with Gasteiger partial charge in [-0.2, -0.15) is 0 Å². The second kappa shape index (κ2) is 7.91. The number of rotatable bonds is 4. The van der Waals surface area contributed by atoms with Gasteiger partial charge in [-0.05, 0) is 24.6 Å². The van der Waals surface area contributed by atoms with E-state index in [1.54, 1.807) is 24.3 Å². The fraction of sp³-hybridized carbons (Fsp3) is 0.312. The Morgan fingerprint density at radius 1 is 1.40 bits per heavy atom. The van der Waals surface area contributed by atoms with Crippen molar-refractivity contribution in [2.75, 3.05) is 5.32 Å². The van der Waals surface area contributed by atoms with Gasteiger partial charge in [0.1, 0.15) is 5.37 Å². The molecule has 3 atom stereocenters. The van der Waals surface area contributed by atoms with E-state index in [0.29, 0.717) is 16.2 Å². The molecule has 126 valence electrons. The molecule has 0 spiro atoms. The van der Waals surface area contributed by atoms with E-state index in [9.17, 15) is 24.6 Å². The molecule has 1 aromatic carbocycles. The summed E-state index contributed by atoms with van der Waals surface area (Å²) < 4.78 is 0. The van der Waals surface area contributed by atoms with Crippen LogP contribution in [0, 0.1) is 5.92 Å². The normalized spacial score (nSPS) is 22.7. The Hall–Kier alpha value is -0.684. The van der Waals surface area contributed by atoms with Gasteiger partial charge in [-0.15, -0.1) is 0 Å². The summed E-state index contributed by atoms with van der Waals surface area (Å²) in [6, 6.07) is 6.71. The molecule has 9 heteroatoms. The molecule has 2 amide bonds. The van der Waals surface area contributed by atoms with Crippen LogP contribution in [0.1, 0.15) is 19.4 Å². The number of thioether (sulfide) groups is 1. The van der Waals surface area contributed by atoms with Crippen molar-refractivity contribution < 1.29 is 76.0 Å². The summed E-state index contributed by atoms with van der Waals surface area (Å²) >= 11 is 1.21. The smallest absolute Gasteiger partial charge is 0.543 e. The molecule has 1 saturated heterocycles. The third kappa shape index (κ3) is 3.73. The third-order valence-corrected chi connectivity index (χ3v) is 5.35. The van der Waals surface area contributed by atoms with Crippen LogP contribution in [0.25, 0.3) is 4.91 Å². The summed E-state index contributed by atoms with van der Waals surface area (Å²) in [5, 5.41) is 23.5. The predicted molar refractivity (Wildman–Crippen MR) is 86.1 cm³/mol. The number of carbonyl (C=O) groups excluding carboxylic acids is 3. The number of amides is 2. The Balaban J connectivity index is 0.00000225. The van der Waals surface area contributed by atoms with E-state index >= 15 is 0 Å². The molecule has 0 radical (unpaired) electrons. The summed E-state index contributed by atoms with van der Waals surface area (Å²) in [7, 11) is 0. The molecule has 0 unspecified atom stereocenters. The molecule has 1 aromatic rings. The number of anilines is 1. The zero-order valence-corrected chi connectivity index (χ0v) is 17.9. The Bertz CT molecular complexity index is 780. The van der Waals surface area contributed by atoms with Crippen LogP contribution < -0.4 is 61.8 Å². The number of aliphatic hydroxyl groups excluding tert-OH is 1. The quantitative estimate of drug-likeness (QED) is 0.421. The van der Waals surface area contributed by atoms with Gasteiger partial charge in [0.25, 0.3) is 0 Å². The van der Waals surface area contributed by atoms with Gasteiger partial charge >= 0.3 is 51.4 Å². The first-order chi connectivity index (χ1) is 11.3. The fourth-order valence-corrected chi connectivity index (χ4v) is 4.52. The molecule has 0 aliphatic carbocycles. The van der Waals surface area contributed by atoms with E-state index in [0.717, 1.165) is 4.90 Å². The monoisotopic (exact) mass is 386 g/mol. The maximum atomic E-state index is 12.2. The molecular formula is C16H15KN2O5S. The number of aliphatic hydroxyl groups is 1. The molecule has 1 fully saturated rings. The van der Waals surface area contributed by atoms with Crippen molar-refractivity contribution in [3.05, 3.63) is 35.5 Å². The van der Waals surface area contributed by atoms with Crippen molar-refractivity contribution in [3.8, 4) is 0 Å². The number of carboxylic acids is 1. The number of aliphatic carboxylic acids is 1.